The van der Waals surface area contributed by atoms with E-state index in [1.165, 1.54) is 57.8 Å². The Bertz CT molecular complexity index is 184. The molecule has 1 rings (SSSR count). The van der Waals surface area contributed by atoms with Gasteiger partial charge < -0.3 is 0 Å². The van der Waals surface area contributed by atoms with Crippen LogP contribution in [0.4, 0.5) is 0 Å². The first-order valence-corrected chi connectivity index (χ1v) is 7.19. The molecule has 94 valence electrons. The highest BCUT2D eigenvalue weighted by molar-refractivity contribution is 7.80. The third kappa shape index (κ3) is 5.80. The number of hydrogen-bond acceptors (Lipinski definition) is 2. The molecule has 2 N–H and O–H groups in total. The Morgan fingerprint density at radius 1 is 0.812 bits per heavy atom. The zero-order chi connectivity index (χ0) is 11.6. The summed E-state index contributed by atoms with van der Waals surface area (Å²) in [7, 11) is 0. The first-order valence-electron chi connectivity index (χ1n) is 6.78. The number of thiocarbonyl (C=S) groups is 1. The smallest absolute Gasteiger partial charge is 0.103 e. The van der Waals surface area contributed by atoms with Crippen LogP contribution in [-0.4, -0.2) is 10.2 Å². The van der Waals surface area contributed by atoms with Crippen LogP contribution >= 0.6 is 12.2 Å². The summed E-state index contributed by atoms with van der Waals surface area (Å²) in [5.41, 5.74) is 2.18. The SMILES string of the molecule is ONC(=S)C1CCCCCCCCCCC1. The van der Waals surface area contributed by atoms with Crippen molar-refractivity contribution in [3.8, 4) is 0 Å². The summed E-state index contributed by atoms with van der Waals surface area (Å²) in [6.45, 7) is 0. The molecule has 0 unspecified atom stereocenters. The summed E-state index contributed by atoms with van der Waals surface area (Å²) in [6, 6.07) is 0. The molecule has 0 heterocycles. The van der Waals surface area contributed by atoms with Crippen molar-refractivity contribution in [2.24, 2.45) is 5.92 Å². The molecule has 1 fully saturated rings. The Labute approximate surface area is 105 Å². The van der Waals surface area contributed by atoms with Crippen LogP contribution in [0.1, 0.15) is 70.6 Å². The maximum atomic E-state index is 8.88. The van der Waals surface area contributed by atoms with Gasteiger partial charge in [-0.15, -0.1) is 0 Å². The van der Waals surface area contributed by atoms with Crippen molar-refractivity contribution in [3.05, 3.63) is 0 Å². The zero-order valence-corrected chi connectivity index (χ0v) is 11.0. The molecular formula is C13H25NOS. The largest absolute Gasteiger partial charge is 0.291 e. The number of rotatable bonds is 1. The van der Waals surface area contributed by atoms with Crippen molar-refractivity contribution in [2.45, 2.75) is 70.6 Å². The van der Waals surface area contributed by atoms with Crippen molar-refractivity contribution >= 4 is 17.2 Å². The highest BCUT2D eigenvalue weighted by Crippen LogP contribution is 2.21. The van der Waals surface area contributed by atoms with Crippen molar-refractivity contribution in [1.82, 2.24) is 5.48 Å². The lowest BCUT2D eigenvalue weighted by atomic mass is 9.93. The topological polar surface area (TPSA) is 32.3 Å². The van der Waals surface area contributed by atoms with Crippen LogP contribution in [-0.2, 0) is 0 Å². The first-order chi connectivity index (χ1) is 7.84. The molecule has 3 heteroatoms. The van der Waals surface area contributed by atoms with Crippen LogP contribution < -0.4 is 5.48 Å². The van der Waals surface area contributed by atoms with Crippen LogP contribution in [0.5, 0.6) is 0 Å². The Morgan fingerprint density at radius 2 is 1.19 bits per heavy atom. The van der Waals surface area contributed by atoms with Gasteiger partial charge in [0.15, 0.2) is 0 Å². The lowest BCUT2D eigenvalue weighted by Gasteiger charge is -2.17. The van der Waals surface area contributed by atoms with E-state index >= 15 is 0 Å². The molecule has 0 spiro atoms. The summed E-state index contributed by atoms with van der Waals surface area (Å²) >= 11 is 5.16. The predicted molar refractivity (Wildman–Crippen MR) is 71.8 cm³/mol. The molecule has 2 nitrogen and oxygen atoms in total. The molecule has 0 amide bonds. The molecular weight excluding hydrogens is 218 g/mol. The minimum Gasteiger partial charge on any atom is -0.291 e. The molecule has 0 bridgehead atoms. The van der Waals surface area contributed by atoms with Crippen LogP contribution in [0, 0.1) is 5.92 Å². The van der Waals surface area contributed by atoms with Gasteiger partial charge in [-0.1, -0.05) is 70.0 Å². The van der Waals surface area contributed by atoms with Gasteiger partial charge in [0.05, 0.1) is 0 Å². The Balaban J connectivity index is 2.33. The fraction of sp³-hybridized carbons (Fsp3) is 0.923. The van der Waals surface area contributed by atoms with Gasteiger partial charge in [0.25, 0.3) is 0 Å². The summed E-state index contributed by atoms with van der Waals surface area (Å²) < 4.78 is 0. The lowest BCUT2D eigenvalue weighted by Crippen LogP contribution is -2.26. The van der Waals surface area contributed by atoms with Crippen molar-refractivity contribution in [2.75, 3.05) is 0 Å². The van der Waals surface area contributed by atoms with Gasteiger partial charge in [0.2, 0.25) is 0 Å². The fourth-order valence-corrected chi connectivity index (χ4v) is 2.75. The number of nitrogens with one attached hydrogen (secondary N) is 1. The fourth-order valence-electron chi connectivity index (χ4n) is 2.52. The second-order valence-electron chi connectivity index (χ2n) is 4.93. The predicted octanol–water partition coefficient (Wildman–Crippen LogP) is 4.21. The molecule has 0 radical (unpaired) electrons. The van der Waals surface area contributed by atoms with Gasteiger partial charge >= 0.3 is 0 Å². The standard InChI is InChI=1S/C13H25NOS/c15-14-13(16)12-10-8-6-4-2-1-3-5-7-9-11-12/h12,15H,1-11H2,(H,14,16). The molecule has 16 heavy (non-hydrogen) atoms. The van der Waals surface area contributed by atoms with Crippen LogP contribution in [0.3, 0.4) is 0 Å². The van der Waals surface area contributed by atoms with E-state index in [-0.39, 0.29) is 0 Å². The van der Waals surface area contributed by atoms with Gasteiger partial charge in [0, 0.05) is 5.92 Å². The van der Waals surface area contributed by atoms with Crippen molar-refractivity contribution in [3.63, 3.8) is 0 Å². The van der Waals surface area contributed by atoms with E-state index in [0.29, 0.717) is 10.9 Å². The average Bonchev–Trinajstić information content (AvgIpc) is 2.29. The van der Waals surface area contributed by atoms with Crippen LogP contribution in [0.25, 0.3) is 0 Å². The van der Waals surface area contributed by atoms with Gasteiger partial charge in [-0.3, -0.25) is 10.7 Å². The van der Waals surface area contributed by atoms with Crippen molar-refractivity contribution < 1.29 is 5.21 Å². The van der Waals surface area contributed by atoms with E-state index in [4.69, 9.17) is 17.4 Å². The highest BCUT2D eigenvalue weighted by Gasteiger charge is 2.13. The quantitative estimate of drug-likeness (QED) is 0.534. The second kappa shape index (κ2) is 8.94. The van der Waals surface area contributed by atoms with Gasteiger partial charge in [0.1, 0.15) is 4.99 Å². The number of hydroxylamine groups is 1. The van der Waals surface area contributed by atoms with E-state index in [1.54, 1.807) is 0 Å². The average molecular weight is 243 g/mol. The molecule has 0 aromatic heterocycles. The van der Waals surface area contributed by atoms with E-state index in [2.05, 4.69) is 5.48 Å². The summed E-state index contributed by atoms with van der Waals surface area (Å²) in [5, 5.41) is 8.88. The molecule has 0 atom stereocenters. The molecule has 1 aliphatic carbocycles. The van der Waals surface area contributed by atoms with Crippen LogP contribution in [0.2, 0.25) is 0 Å². The maximum absolute atomic E-state index is 8.88. The minimum atomic E-state index is 0.402. The van der Waals surface area contributed by atoms with E-state index in [9.17, 15) is 0 Å². The van der Waals surface area contributed by atoms with Crippen molar-refractivity contribution in [1.29, 1.82) is 0 Å². The number of hydrogen-bond donors (Lipinski definition) is 2. The highest BCUT2D eigenvalue weighted by atomic mass is 32.1. The lowest BCUT2D eigenvalue weighted by molar-refractivity contribution is 0.228. The van der Waals surface area contributed by atoms with E-state index in [0.717, 1.165) is 12.8 Å². The van der Waals surface area contributed by atoms with E-state index < -0.39 is 0 Å². The zero-order valence-electron chi connectivity index (χ0n) is 10.2. The maximum Gasteiger partial charge on any atom is 0.103 e. The molecule has 1 saturated carbocycles. The Kier molecular flexibility index (Phi) is 7.77. The summed E-state index contributed by atoms with van der Waals surface area (Å²) in [4.78, 5) is 0.650. The monoisotopic (exact) mass is 243 g/mol. The van der Waals surface area contributed by atoms with E-state index in [1.807, 2.05) is 0 Å². The first kappa shape index (κ1) is 13.9. The van der Waals surface area contributed by atoms with Gasteiger partial charge in [-0.05, 0) is 12.8 Å². The summed E-state index contributed by atoms with van der Waals surface area (Å²) in [5.74, 6) is 0.402. The molecule has 0 aromatic carbocycles. The molecule has 0 aliphatic heterocycles. The van der Waals surface area contributed by atoms with Gasteiger partial charge in [-0.25, -0.2) is 0 Å². The van der Waals surface area contributed by atoms with Crippen LogP contribution in [0.15, 0.2) is 0 Å². The minimum absolute atomic E-state index is 0.402. The Morgan fingerprint density at radius 3 is 1.56 bits per heavy atom. The molecule has 1 aliphatic rings. The third-order valence-electron chi connectivity index (χ3n) is 3.59. The molecule has 0 aromatic rings. The molecule has 0 saturated heterocycles. The second-order valence-corrected chi connectivity index (χ2v) is 5.37. The van der Waals surface area contributed by atoms with Gasteiger partial charge in [-0.2, -0.15) is 0 Å². The summed E-state index contributed by atoms with van der Waals surface area (Å²) in [6.07, 6.45) is 14.4. The third-order valence-corrected chi connectivity index (χ3v) is 4.01. The normalized spacial score (nSPS) is 21.8. The Hall–Kier alpha value is -0.150.